The van der Waals surface area contributed by atoms with Crippen molar-refractivity contribution in [2.24, 2.45) is 5.41 Å². The Balaban J connectivity index is 2.85. The molecular formula is C10H16O2. The van der Waals surface area contributed by atoms with Crippen molar-refractivity contribution < 1.29 is 9.90 Å². The average Bonchev–Trinajstić information content (AvgIpc) is 1.83. The summed E-state index contributed by atoms with van der Waals surface area (Å²) in [7, 11) is 0. The number of aliphatic hydroxyl groups excluding tert-OH is 1. The zero-order chi connectivity index (χ0) is 9.35. The number of aliphatic hydroxyl groups is 1. The molecule has 0 saturated heterocycles. The van der Waals surface area contributed by atoms with Crippen molar-refractivity contribution in [2.45, 2.75) is 40.0 Å². The van der Waals surface area contributed by atoms with Gasteiger partial charge in [0.25, 0.3) is 0 Å². The first-order valence-electron chi connectivity index (χ1n) is 4.34. The Bertz CT molecular complexity index is 236. The molecule has 0 unspecified atom stereocenters. The van der Waals surface area contributed by atoms with E-state index in [4.69, 9.17) is 0 Å². The lowest BCUT2D eigenvalue weighted by molar-refractivity contribution is -0.114. The Labute approximate surface area is 73.3 Å². The van der Waals surface area contributed by atoms with E-state index in [2.05, 4.69) is 13.8 Å². The van der Waals surface area contributed by atoms with E-state index in [1.54, 1.807) is 0 Å². The molecule has 1 aliphatic rings. The van der Waals surface area contributed by atoms with Gasteiger partial charge in [0.05, 0.1) is 5.76 Å². The van der Waals surface area contributed by atoms with Crippen LogP contribution in [0, 0.1) is 5.41 Å². The summed E-state index contributed by atoms with van der Waals surface area (Å²) in [5.41, 5.74) is 0.789. The number of allylic oxidation sites excluding steroid dienone is 2. The topological polar surface area (TPSA) is 37.3 Å². The third-order valence-electron chi connectivity index (χ3n) is 2.47. The van der Waals surface area contributed by atoms with Gasteiger partial charge in [0, 0.05) is 12.0 Å². The number of ketones is 1. The van der Waals surface area contributed by atoms with E-state index in [-0.39, 0.29) is 11.2 Å². The quantitative estimate of drug-likeness (QED) is 0.653. The zero-order valence-corrected chi connectivity index (χ0v) is 7.98. The number of carbonyl (C=O) groups is 1. The molecule has 1 N–H and O–H groups in total. The van der Waals surface area contributed by atoms with Crippen molar-refractivity contribution in [3.8, 4) is 0 Å². The standard InChI is InChI=1S/C10H16O2/c1-7(11)8-4-5-10(2,3)6-9(8)12/h12H,4-6H2,1-3H3. The van der Waals surface area contributed by atoms with Gasteiger partial charge in [0.1, 0.15) is 0 Å². The van der Waals surface area contributed by atoms with E-state index in [0.717, 1.165) is 12.8 Å². The minimum Gasteiger partial charge on any atom is -0.512 e. The largest absolute Gasteiger partial charge is 0.512 e. The fourth-order valence-corrected chi connectivity index (χ4v) is 1.64. The first kappa shape index (κ1) is 9.30. The Morgan fingerprint density at radius 3 is 2.50 bits per heavy atom. The van der Waals surface area contributed by atoms with Gasteiger partial charge < -0.3 is 5.11 Å². The first-order chi connectivity index (χ1) is 5.42. The molecule has 0 heterocycles. The molecule has 2 heteroatoms. The molecule has 2 nitrogen and oxygen atoms in total. The number of Topliss-reactive ketones (excluding diaryl/α,β-unsaturated/α-hetero) is 1. The molecule has 1 aliphatic carbocycles. The van der Waals surface area contributed by atoms with Gasteiger partial charge in [-0.15, -0.1) is 0 Å². The van der Waals surface area contributed by atoms with Crippen LogP contribution in [0.3, 0.4) is 0 Å². The Kier molecular flexibility index (Phi) is 2.27. The van der Waals surface area contributed by atoms with Crippen LogP contribution in [0.4, 0.5) is 0 Å². The summed E-state index contributed by atoms with van der Waals surface area (Å²) < 4.78 is 0. The molecule has 0 aromatic rings. The molecule has 0 amide bonds. The molecule has 68 valence electrons. The van der Waals surface area contributed by atoms with Crippen LogP contribution < -0.4 is 0 Å². The lowest BCUT2D eigenvalue weighted by Gasteiger charge is -2.29. The van der Waals surface area contributed by atoms with Crippen LogP contribution in [0.15, 0.2) is 11.3 Å². The number of hydrogen-bond donors (Lipinski definition) is 1. The van der Waals surface area contributed by atoms with E-state index in [0.29, 0.717) is 17.8 Å². The molecule has 0 radical (unpaired) electrons. The van der Waals surface area contributed by atoms with E-state index >= 15 is 0 Å². The minimum absolute atomic E-state index is 0.0167. The third kappa shape index (κ3) is 1.87. The smallest absolute Gasteiger partial charge is 0.159 e. The lowest BCUT2D eigenvalue weighted by atomic mass is 9.76. The number of hydrogen-bond acceptors (Lipinski definition) is 2. The summed E-state index contributed by atoms with van der Waals surface area (Å²) in [6, 6.07) is 0. The SMILES string of the molecule is CC(=O)C1=C(O)CC(C)(C)CC1. The van der Waals surface area contributed by atoms with Crippen molar-refractivity contribution >= 4 is 5.78 Å². The minimum atomic E-state index is 0.0167. The first-order valence-corrected chi connectivity index (χ1v) is 4.34. The lowest BCUT2D eigenvalue weighted by Crippen LogP contribution is -2.20. The third-order valence-corrected chi connectivity index (χ3v) is 2.47. The Morgan fingerprint density at radius 2 is 2.08 bits per heavy atom. The van der Waals surface area contributed by atoms with Crippen molar-refractivity contribution in [2.75, 3.05) is 0 Å². The van der Waals surface area contributed by atoms with Crippen molar-refractivity contribution in [1.82, 2.24) is 0 Å². The molecular weight excluding hydrogens is 152 g/mol. The van der Waals surface area contributed by atoms with Gasteiger partial charge in [-0.25, -0.2) is 0 Å². The van der Waals surface area contributed by atoms with Gasteiger partial charge in [0.2, 0.25) is 0 Å². The van der Waals surface area contributed by atoms with Crippen LogP contribution in [0.5, 0.6) is 0 Å². The molecule has 0 aromatic heterocycles. The summed E-state index contributed by atoms with van der Waals surface area (Å²) >= 11 is 0. The highest BCUT2D eigenvalue weighted by Gasteiger charge is 2.28. The van der Waals surface area contributed by atoms with E-state index in [1.165, 1.54) is 6.92 Å². The number of carbonyl (C=O) groups excluding carboxylic acids is 1. The van der Waals surface area contributed by atoms with Gasteiger partial charge in [-0.05, 0) is 25.2 Å². The van der Waals surface area contributed by atoms with Crippen molar-refractivity contribution in [3.63, 3.8) is 0 Å². The predicted molar refractivity (Wildman–Crippen MR) is 48.0 cm³/mol. The van der Waals surface area contributed by atoms with Crippen molar-refractivity contribution in [3.05, 3.63) is 11.3 Å². The molecule has 0 atom stereocenters. The van der Waals surface area contributed by atoms with Gasteiger partial charge in [-0.1, -0.05) is 13.8 Å². The molecule has 0 fully saturated rings. The molecule has 0 bridgehead atoms. The van der Waals surface area contributed by atoms with Gasteiger partial charge in [-0.3, -0.25) is 4.79 Å². The Morgan fingerprint density at radius 1 is 1.50 bits per heavy atom. The highest BCUT2D eigenvalue weighted by molar-refractivity contribution is 5.93. The molecule has 0 aromatic carbocycles. The van der Waals surface area contributed by atoms with Crippen LogP contribution >= 0.6 is 0 Å². The van der Waals surface area contributed by atoms with Crippen LogP contribution in [0.25, 0.3) is 0 Å². The molecule has 0 spiro atoms. The summed E-state index contributed by atoms with van der Waals surface area (Å²) in [4.78, 5) is 11.0. The Hall–Kier alpha value is -0.790. The normalized spacial score (nSPS) is 22.6. The molecule has 0 aliphatic heterocycles. The summed E-state index contributed by atoms with van der Waals surface area (Å²) in [6.45, 7) is 5.74. The summed E-state index contributed by atoms with van der Waals surface area (Å²) in [6.07, 6.45) is 2.36. The van der Waals surface area contributed by atoms with Crippen LogP contribution in [-0.4, -0.2) is 10.9 Å². The predicted octanol–water partition coefficient (Wildman–Crippen LogP) is 2.60. The van der Waals surface area contributed by atoms with Crippen LogP contribution in [0.1, 0.15) is 40.0 Å². The second-order valence-corrected chi connectivity index (χ2v) is 4.32. The maximum Gasteiger partial charge on any atom is 0.159 e. The highest BCUT2D eigenvalue weighted by Crippen LogP contribution is 2.37. The molecule has 12 heavy (non-hydrogen) atoms. The number of rotatable bonds is 1. The van der Waals surface area contributed by atoms with Gasteiger partial charge in [-0.2, -0.15) is 0 Å². The summed E-state index contributed by atoms with van der Waals surface area (Å²) in [5.74, 6) is 0.321. The van der Waals surface area contributed by atoms with Gasteiger partial charge >= 0.3 is 0 Å². The molecule has 1 rings (SSSR count). The maximum atomic E-state index is 11.0. The second-order valence-electron chi connectivity index (χ2n) is 4.32. The van der Waals surface area contributed by atoms with Crippen LogP contribution in [-0.2, 0) is 4.79 Å². The van der Waals surface area contributed by atoms with Crippen LogP contribution in [0.2, 0.25) is 0 Å². The van der Waals surface area contributed by atoms with E-state index < -0.39 is 0 Å². The van der Waals surface area contributed by atoms with E-state index in [1.807, 2.05) is 0 Å². The summed E-state index contributed by atoms with van der Waals surface area (Å²) in [5, 5.41) is 9.53. The highest BCUT2D eigenvalue weighted by atomic mass is 16.3. The van der Waals surface area contributed by atoms with E-state index in [9.17, 15) is 9.90 Å². The monoisotopic (exact) mass is 168 g/mol. The second kappa shape index (κ2) is 2.92. The fraction of sp³-hybridized carbons (Fsp3) is 0.700. The average molecular weight is 168 g/mol. The maximum absolute atomic E-state index is 11.0. The fourth-order valence-electron chi connectivity index (χ4n) is 1.64. The van der Waals surface area contributed by atoms with Gasteiger partial charge in [0.15, 0.2) is 5.78 Å². The van der Waals surface area contributed by atoms with Crippen molar-refractivity contribution in [1.29, 1.82) is 0 Å². The zero-order valence-electron chi connectivity index (χ0n) is 7.98. The molecule has 0 saturated carbocycles.